The number of aryl methyl sites for hydroxylation is 1. The highest BCUT2D eigenvalue weighted by atomic mass is 35.5. The lowest BCUT2D eigenvalue weighted by Crippen LogP contribution is -2.49. The molecule has 1 amide bonds. The van der Waals surface area contributed by atoms with Crippen molar-refractivity contribution in [2.45, 2.75) is 32.2 Å². The van der Waals surface area contributed by atoms with Crippen LogP contribution in [-0.2, 0) is 11.2 Å². The SMILES string of the molecule is CC(C)(NC(=O)c1ccc2ccccc2c1OCCCc1ccccc1Cl)C(=O)O. The highest BCUT2D eigenvalue weighted by Crippen LogP contribution is 2.31. The molecule has 0 unspecified atom stereocenters. The van der Waals surface area contributed by atoms with E-state index in [9.17, 15) is 14.7 Å². The van der Waals surface area contributed by atoms with Crippen molar-refractivity contribution in [1.82, 2.24) is 5.32 Å². The summed E-state index contributed by atoms with van der Waals surface area (Å²) in [6, 6.07) is 18.8. The zero-order valence-corrected chi connectivity index (χ0v) is 17.7. The molecular formula is C24H24ClNO4. The molecule has 2 N–H and O–H groups in total. The molecule has 0 spiro atoms. The number of hydrogen-bond donors (Lipinski definition) is 2. The number of ether oxygens (including phenoxy) is 1. The summed E-state index contributed by atoms with van der Waals surface area (Å²) in [5.74, 6) is -1.15. The van der Waals surface area contributed by atoms with Crippen molar-refractivity contribution >= 4 is 34.2 Å². The smallest absolute Gasteiger partial charge is 0.328 e. The number of nitrogens with one attached hydrogen (secondary N) is 1. The summed E-state index contributed by atoms with van der Waals surface area (Å²) in [5, 5.41) is 14.4. The lowest BCUT2D eigenvalue weighted by atomic mass is 10.0. The summed E-state index contributed by atoms with van der Waals surface area (Å²) in [4.78, 5) is 24.3. The summed E-state index contributed by atoms with van der Waals surface area (Å²) < 4.78 is 6.06. The van der Waals surface area contributed by atoms with E-state index in [1.165, 1.54) is 13.8 Å². The Morgan fingerprint density at radius 2 is 1.73 bits per heavy atom. The maximum atomic E-state index is 12.9. The van der Waals surface area contributed by atoms with Crippen molar-refractivity contribution in [1.29, 1.82) is 0 Å². The molecule has 5 nitrogen and oxygen atoms in total. The second-order valence-electron chi connectivity index (χ2n) is 7.59. The molecule has 0 aromatic heterocycles. The van der Waals surface area contributed by atoms with Crippen LogP contribution in [0.1, 0.15) is 36.2 Å². The van der Waals surface area contributed by atoms with Crippen molar-refractivity contribution < 1.29 is 19.4 Å². The fourth-order valence-corrected chi connectivity index (χ4v) is 3.35. The molecule has 0 heterocycles. The highest BCUT2D eigenvalue weighted by Gasteiger charge is 2.30. The van der Waals surface area contributed by atoms with Gasteiger partial charge in [-0.15, -0.1) is 0 Å². The summed E-state index contributed by atoms with van der Waals surface area (Å²) in [6.07, 6.45) is 1.46. The number of carboxylic acid groups (broad SMARTS) is 1. The van der Waals surface area contributed by atoms with Crippen LogP contribution in [0.5, 0.6) is 5.75 Å². The van der Waals surface area contributed by atoms with Gasteiger partial charge in [0.05, 0.1) is 12.2 Å². The zero-order valence-electron chi connectivity index (χ0n) is 16.9. The third-order valence-electron chi connectivity index (χ3n) is 4.88. The van der Waals surface area contributed by atoms with Gasteiger partial charge in [-0.05, 0) is 49.8 Å². The Morgan fingerprint density at radius 3 is 2.47 bits per heavy atom. The van der Waals surface area contributed by atoms with E-state index >= 15 is 0 Å². The molecule has 0 fully saturated rings. The minimum absolute atomic E-state index is 0.306. The zero-order chi connectivity index (χ0) is 21.7. The molecule has 3 aromatic rings. The van der Waals surface area contributed by atoms with Gasteiger partial charge in [-0.3, -0.25) is 4.79 Å². The molecular weight excluding hydrogens is 402 g/mol. The molecule has 6 heteroatoms. The predicted molar refractivity (Wildman–Crippen MR) is 118 cm³/mol. The van der Waals surface area contributed by atoms with Gasteiger partial charge in [0.1, 0.15) is 11.3 Å². The predicted octanol–water partition coefficient (Wildman–Crippen LogP) is 5.10. The number of amides is 1. The number of carbonyl (C=O) groups excluding carboxylic acids is 1. The molecule has 30 heavy (non-hydrogen) atoms. The molecule has 3 aromatic carbocycles. The van der Waals surface area contributed by atoms with Crippen LogP contribution in [-0.4, -0.2) is 29.1 Å². The Labute approximate surface area is 180 Å². The third-order valence-corrected chi connectivity index (χ3v) is 5.25. The van der Waals surface area contributed by atoms with E-state index in [2.05, 4.69) is 5.32 Å². The first-order valence-corrected chi connectivity index (χ1v) is 10.1. The van der Waals surface area contributed by atoms with Crippen LogP contribution in [0.25, 0.3) is 10.8 Å². The van der Waals surface area contributed by atoms with Crippen molar-refractivity contribution in [2.24, 2.45) is 0 Å². The number of rotatable bonds is 8. The Kier molecular flexibility index (Phi) is 6.63. The Morgan fingerprint density at radius 1 is 1.03 bits per heavy atom. The Balaban J connectivity index is 1.82. The lowest BCUT2D eigenvalue weighted by molar-refractivity contribution is -0.143. The maximum Gasteiger partial charge on any atom is 0.328 e. The fourth-order valence-electron chi connectivity index (χ4n) is 3.12. The number of carbonyl (C=O) groups is 2. The van der Waals surface area contributed by atoms with Crippen LogP contribution in [0.4, 0.5) is 0 Å². The van der Waals surface area contributed by atoms with Gasteiger partial charge in [0.25, 0.3) is 5.91 Å². The summed E-state index contributed by atoms with van der Waals surface area (Å²) in [7, 11) is 0. The van der Waals surface area contributed by atoms with Gasteiger partial charge in [0.2, 0.25) is 0 Å². The first-order chi connectivity index (χ1) is 14.3. The van der Waals surface area contributed by atoms with Gasteiger partial charge in [-0.25, -0.2) is 4.79 Å². The minimum Gasteiger partial charge on any atom is -0.492 e. The average Bonchev–Trinajstić information content (AvgIpc) is 2.71. The average molecular weight is 426 g/mol. The Bertz CT molecular complexity index is 1080. The maximum absolute atomic E-state index is 12.9. The number of benzene rings is 3. The summed E-state index contributed by atoms with van der Waals surface area (Å²) in [5.41, 5.74) is -0.0491. The van der Waals surface area contributed by atoms with Crippen LogP contribution >= 0.6 is 11.6 Å². The van der Waals surface area contributed by atoms with E-state index in [-0.39, 0.29) is 0 Å². The molecule has 0 bridgehead atoms. The van der Waals surface area contributed by atoms with Crippen LogP contribution in [0, 0.1) is 0 Å². The number of hydrogen-bond acceptors (Lipinski definition) is 3. The third kappa shape index (κ3) is 4.92. The summed E-state index contributed by atoms with van der Waals surface area (Å²) in [6.45, 7) is 3.28. The van der Waals surface area contributed by atoms with Gasteiger partial charge < -0.3 is 15.2 Å². The summed E-state index contributed by atoms with van der Waals surface area (Å²) >= 11 is 6.21. The first kappa shape index (κ1) is 21.7. The molecule has 0 atom stereocenters. The molecule has 0 saturated carbocycles. The monoisotopic (exact) mass is 425 g/mol. The van der Waals surface area contributed by atoms with Crippen molar-refractivity contribution in [3.05, 3.63) is 76.8 Å². The van der Waals surface area contributed by atoms with Gasteiger partial charge in [0.15, 0.2) is 0 Å². The molecule has 0 aliphatic carbocycles. The van der Waals surface area contributed by atoms with Gasteiger partial charge in [0, 0.05) is 10.4 Å². The molecule has 0 aliphatic heterocycles. The topological polar surface area (TPSA) is 75.6 Å². The molecule has 3 rings (SSSR count). The standard InChI is InChI=1S/C24H24ClNO4/c1-24(2,23(28)29)26-22(27)19-14-13-16-8-3-5-11-18(16)21(19)30-15-7-10-17-9-4-6-12-20(17)25/h3-6,8-9,11-14H,7,10,15H2,1-2H3,(H,26,27)(H,28,29). The van der Waals surface area contributed by atoms with Crippen LogP contribution in [0.15, 0.2) is 60.7 Å². The first-order valence-electron chi connectivity index (χ1n) is 9.73. The number of halogens is 1. The van der Waals surface area contributed by atoms with Crippen molar-refractivity contribution in [3.8, 4) is 5.75 Å². The van der Waals surface area contributed by atoms with E-state index in [1.54, 1.807) is 6.07 Å². The Hall–Kier alpha value is -3.05. The second kappa shape index (κ2) is 9.18. The number of fused-ring (bicyclic) bond motifs is 1. The fraction of sp³-hybridized carbons (Fsp3) is 0.250. The van der Waals surface area contributed by atoms with Gasteiger partial charge in [-0.2, -0.15) is 0 Å². The number of carboxylic acids is 1. The van der Waals surface area contributed by atoms with E-state index in [0.717, 1.165) is 27.8 Å². The van der Waals surface area contributed by atoms with Crippen molar-refractivity contribution in [3.63, 3.8) is 0 Å². The second-order valence-corrected chi connectivity index (χ2v) is 8.00. The van der Waals surface area contributed by atoms with E-state index < -0.39 is 17.4 Å². The van der Waals surface area contributed by atoms with Gasteiger partial charge in [-0.1, -0.05) is 60.1 Å². The van der Waals surface area contributed by atoms with E-state index in [0.29, 0.717) is 24.3 Å². The minimum atomic E-state index is -1.40. The van der Waals surface area contributed by atoms with E-state index in [4.69, 9.17) is 16.3 Å². The molecule has 0 radical (unpaired) electrons. The van der Waals surface area contributed by atoms with Crippen LogP contribution < -0.4 is 10.1 Å². The quantitative estimate of drug-likeness (QED) is 0.492. The lowest BCUT2D eigenvalue weighted by Gasteiger charge is -2.22. The molecule has 0 saturated heterocycles. The molecule has 0 aliphatic rings. The largest absolute Gasteiger partial charge is 0.492 e. The van der Waals surface area contributed by atoms with Crippen molar-refractivity contribution in [2.75, 3.05) is 6.61 Å². The van der Waals surface area contributed by atoms with E-state index in [1.807, 2.05) is 54.6 Å². The highest BCUT2D eigenvalue weighted by molar-refractivity contribution is 6.31. The van der Waals surface area contributed by atoms with Crippen LogP contribution in [0.2, 0.25) is 5.02 Å². The van der Waals surface area contributed by atoms with Gasteiger partial charge >= 0.3 is 5.97 Å². The van der Waals surface area contributed by atoms with Crippen LogP contribution in [0.3, 0.4) is 0 Å². The normalized spacial score (nSPS) is 11.3. The molecule has 156 valence electrons. The number of aliphatic carboxylic acids is 1.